The van der Waals surface area contributed by atoms with Gasteiger partial charge in [0.05, 0.1) is 0 Å². The number of halogens is 3. The predicted molar refractivity (Wildman–Crippen MR) is 65.2 cm³/mol. The number of rotatable bonds is 3. The van der Waals surface area contributed by atoms with E-state index in [1.54, 1.807) is 20.8 Å². The molecule has 0 saturated heterocycles. The Bertz CT molecular complexity index is 505. The quantitative estimate of drug-likeness (QED) is 0.853. The highest BCUT2D eigenvalue weighted by Gasteiger charge is 2.35. The largest absolute Gasteiger partial charge is 0.538 e. The topological polar surface area (TPSA) is 51.5 Å². The first kappa shape index (κ1) is 15.6. The van der Waals surface area contributed by atoms with Crippen LogP contribution in [0.15, 0.2) is 17.1 Å². The van der Waals surface area contributed by atoms with Gasteiger partial charge < -0.3 is 14.2 Å². The van der Waals surface area contributed by atoms with Gasteiger partial charge in [0.15, 0.2) is 0 Å². The fourth-order valence-electron chi connectivity index (χ4n) is 1.59. The lowest BCUT2D eigenvalue weighted by Crippen LogP contribution is -2.32. The van der Waals surface area contributed by atoms with E-state index in [4.69, 9.17) is 5.02 Å². The monoisotopic (exact) mass is 277 g/mol. The Morgan fingerprint density at radius 3 is 2.37 bits per heavy atom. The summed E-state index contributed by atoms with van der Waals surface area (Å²) in [5, 5.41) is 8.62. The number of alkyl halides is 3. The van der Waals surface area contributed by atoms with Gasteiger partial charge in [0, 0.05) is 12.7 Å². The fraction of sp³-hybridized carbons (Fsp3) is 0.545. The van der Waals surface area contributed by atoms with Crippen molar-refractivity contribution in [1.82, 2.24) is 4.57 Å². The lowest BCUT2D eigenvalue weighted by molar-refractivity contribution is -0.139. The van der Waals surface area contributed by atoms with Gasteiger partial charge in [-0.25, -0.2) is 0 Å². The van der Waals surface area contributed by atoms with Crippen molar-refractivity contribution in [3.63, 3.8) is 0 Å². The average molecular weight is 277 g/mol. The van der Waals surface area contributed by atoms with Gasteiger partial charge in [0.2, 0.25) is 0 Å². The summed E-state index contributed by atoms with van der Waals surface area (Å²) in [7, 11) is -0.759. The maximum Gasteiger partial charge on any atom is 0.504 e. The first-order valence-electron chi connectivity index (χ1n) is 5.60. The van der Waals surface area contributed by atoms with Crippen molar-refractivity contribution in [2.24, 2.45) is 5.41 Å². The molecule has 0 unspecified atom stereocenters. The third-order valence-electron chi connectivity index (χ3n) is 2.24. The summed E-state index contributed by atoms with van der Waals surface area (Å²) in [6, 6.07) is 0.595. The Morgan fingerprint density at radius 1 is 1.37 bits per heavy atom. The molecule has 0 saturated carbocycles. The number of pyridine rings is 1. The Morgan fingerprint density at radius 2 is 1.95 bits per heavy atom. The van der Waals surface area contributed by atoms with Crippen LogP contribution in [-0.2, 0) is 12.7 Å². The van der Waals surface area contributed by atoms with Crippen molar-refractivity contribution < 1.29 is 22.8 Å². The van der Waals surface area contributed by atoms with E-state index in [0.29, 0.717) is 6.07 Å². The first-order valence-corrected chi connectivity index (χ1v) is 5.60. The summed E-state index contributed by atoms with van der Waals surface area (Å²) in [6.07, 6.45) is -3.59. The summed E-state index contributed by atoms with van der Waals surface area (Å²) >= 11 is 0. The molecule has 0 spiro atoms. The van der Waals surface area contributed by atoms with E-state index in [-0.39, 0.29) is 17.7 Å². The summed E-state index contributed by atoms with van der Waals surface area (Å²) in [5.41, 5.74) is -2.79. The molecule has 1 rings (SSSR count). The molecule has 106 valence electrons. The number of hydrogen-bond acceptors (Lipinski definition) is 3. The van der Waals surface area contributed by atoms with Crippen molar-refractivity contribution >= 4 is 7.69 Å². The predicted octanol–water partition coefficient (Wildman–Crippen LogP) is 1.55. The Labute approximate surface area is 109 Å². The SMILES string of the molecule is CC(C)(C)Cn1cc(OBO)cc(C(F)(F)F)c1=O. The number of aromatic nitrogens is 1. The molecule has 1 N–H and O–H groups in total. The van der Waals surface area contributed by atoms with Gasteiger partial charge in [-0.2, -0.15) is 13.2 Å². The van der Waals surface area contributed by atoms with Crippen LogP contribution in [0.4, 0.5) is 13.2 Å². The molecule has 0 aliphatic carbocycles. The summed E-state index contributed by atoms with van der Waals surface area (Å²) in [6.45, 7) is 5.50. The summed E-state index contributed by atoms with van der Waals surface area (Å²) < 4.78 is 43.9. The number of nitrogens with zero attached hydrogens (tertiary/aromatic N) is 1. The van der Waals surface area contributed by atoms with E-state index < -0.39 is 25.0 Å². The van der Waals surface area contributed by atoms with E-state index >= 15 is 0 Å². The maximum absolute atomic E-state index is 12.8. The lowest BCUT2D eigenvalue weighted by atomic mass is 9.97. The summed E-state index contributed by atoms with van der Waals surface area (Å²) in [4.78, 5) is 11.8. The highest BCUT2D eigenvalue weighted by Crippen LogP contribution is 2.29. The minimum atomic E-state index is -4.76. The molecule has 4 nitrogen and oxygen atoms in total. The van der Waals surface area contributed by atoms with Gasteiger partial charge in [-0.15, -0.1) is 0 Å². The van der Waals surface area contributed by atoms with Crippen LogP contribution >= 0.6 is 0 Å². The second-order valence-electron chi connectivity index (χ2n) is 5.35. The van der Waals surface area contributed by atoms with E-state index in [2.05, 4.69) is 4.65 Å². The van der Waals surface area contributed by atoms with Crippen molar-refractivity contribution in [3.05, 3.63) is 28.2 Å². The van der Waals surface area contributed by atoms with E-state index in [1.165, 1.54) is 6.20 Å². The second kappa shape index (κ2) is 5.28. The standard InChI is InChI=1S/C11H15BF3NO3/c1-10(2,3)6-16-5-7(19-12-18)4-8(9(16)17)11(13,14)15/h4-5,12,18H,6H2,1-3H3. The van der Waals surface area contributed by atoms with E-state index in [1.807, 2.05) is 0 Å². The Hall–Kier alpha value is -1.44. The fourth-order valence-corrected chi connectivity index (χ4v) is 1.59. The molecule has 0 amide bonds. The van der Waals surface area contributed by atoms with Gasteiger partial charge in [0.25, 0.3) is 5.56 Å². The average Bonchev–Trinajstić information content (AvgIpc) is 2.19. The molecule has 0 fully saturated rings. The van der Waals surface area contributed by atoms with Crippen LogP contribution < -0.4 is 10.2 Å². The zero-order valence-corrected chi connectivity index (χ0v) is 10.9. The van der Waals surface area contributed by atoms with Gasteiger partial charge in [-0.05, 0) is 11.5 Å². The van der Waals surface area contributed by atoms with Crippen LogP contribution in [0.3, 0.4) is 0 Å². The van der Waals surface area contributed by atoms with Gasteiger partial charge in [-0.1, -0.05) is 20.8 Å². The van der Waals surface area contributed by atoms with Crippen molar-refractivity contribution in [1.29, 1.82) is 0 Å². The smallest absolute Gasteiger partial charge is 0.504 e. The second-order valence-corrected chi connectivity index (χ2v) is 5.35. The van der Waals surface area contributed by atoms with Crippen LogP contribution in [0.1, 0.15) is 26.3 Å². The van der Waals surface area contributed by atoms with Crippen molar-refractivity contribution in [2.75, 3.05) is 0 Å². The molecule has 1 heterocycles. The Balaban J connectivity index is 3.38. The van der Waals surface area contributed by atoms with Crippen LogP contribution in [0, 0.1) is 5.41 Å². The molecule has 0 atom stereocenters. The molecule has 0 aromatic carbocycles. The molecule has 0 aliphatic rings. The van der Waals surface area contributed by atoms with Crippen LogP contribution in [0.25, 0.3) is 0 Å². The van der Waals surface area contributed by atoms with Crippen molar-refractivity contribution in [3.8, 4) is 5.75 Å². The normalized spacial score (nSPS) is 12.4. The molecular weight excluding hydrogens is 262 g/mol. The molecule has 0 radical (unpaired) electrons. The zero-order chi connectivity index (χ0) is 14.8. The molecule has 0 aliphatic heterocycles. The Kier molecular flexibility index (Phi) is 4.34. The molecule has 8 heteroatoms. The maximum atomic E-state index is 12.8. The molecule has 1 aromatic heterocycles. The molecule has 1 aromatic rings. The molecule has 19 heavy (non-hydrogen) atoms. The zero-order valence-electron chi connectivity index (χ0n) is 10.9. The van der Waals surface area contributed by atoms with Crippen molar-refractivity contribution in [2.45, 2.75) is 33.5 Å². The van der Waals surface area contributed by atoms with E-state index in [9.17, 15) is 18.0 Å². The van der Waals surface area contributed by atoms with Gasteiger partial charge in [-0.3, -0.25) is 4.79 Å². The van der Waals surface area contributed by atoms with Gasteiger partial charge in [0.1, 0.15) is 11.3 Å². The molecule has 0 bridgehead atoms. The number of hydrogen-bond donors (Lipinski definition) is 1. The highest BCUT2D eigenvalue weighted by molar-refractivity contribution is 6.17. The van der Waals surface area contributed by atoms with Crippen LogP contribution in [-0.4, -0.2) is 17.3 Å². The van der Waals surface area contributed by atoms with Crippen LogP contribution in [0.2, 0.25) is 0 Å². The third-order valence-corrected chi connectivity index (χ3v) is 2.24. The highest BCUT2D eigenvalue weighted by atomic mass is 19.4. The minimum absolute atomic E-state index is 0.109. The molecular formula is C11H15BF3NO3. The summed E-state index contributed by atoms with van der Waals surface area (Å²) in [5.74, 6) is -0.196. The lowest BCUT2D eigenvalue weighted by Gasteiger charge is -2.21. The minimum Gasteiger partial charge on any atom is -0.538 e. The van der Waals surface area contributed by atoms with Gasteiger partial charge >= 0.3 is 13.9 Å². The van der Waals surface area contributed by atoms with Crippen LogP contribution in [0.5, 0.6) is 5.75 Å². The first-order chi connectivity index (χ1) is 8.54. The van der Waals surface area contributed by atoms with E-state index in [0.717, 1.165) is 4.57 Å². The third kappa shape index (κ3) is 4.31.